The van der Waals surface area contributed by atoms with E-state index in [0.717, 1.165) is 11.1 Å². The highest BCUT2D eigenvalue weighted by Crippen LogP contribution is 2.24. The Balaban J connectivity index is 1.82. The van der Waals surface area contributed by atoms with Crippen molar-refractivity contribution in [2.45, 2.75) is 19.4 Å². The third-order valence-corrected chi connectivity index (χ3v) is 4.12. The van der Waals surface area contributed by atoms with Gasteiger partial charge < -0.3 is 10.2 Å². The lowest BCUT2D eigenvalue weighted by Gasteiger charge is -2.35. The highest BCUT2D eigenvalue weighted by molar-refractivity contribution is 5.90. The van der Waals surface area contributed by atoms with Crippen LogP contribution >= 0.6 is 0 Å². The van der Waals surface area contributed by atoms with Gasteiger partial charge in [0.25, 0.3) is 0 Å². The predicted molar refractivity (Wildman–Crippen MR) is 88.8 cm³/mol. The van der Waals surface area contributed by atoms with Gasteiger partial charge in [-0.25, -0.2) is 0 Å². The van der Waals surface area contributed by atoms with E-state index in [1.54, 1.807) is 4.90 Å². The van der Waals surface area contributed by atoms with Crippen LogP contribution < -0.4 is 5.32 Å². The number of piperazine rings is 1. The summed E-state index contributed by atoms with van der Waals surface area (Å²) in [6.45, 7) is 3.06. The van der Waals surface area contributed by atoms with Crippen LogP contribution in [0.5, 0.6) is 0 Å². The van der Waals surface area contributed by atoms with E-state index >= 15 is 0 Å². The van der Waals surface area contributed by atoms with Crippen LogP contribution in [0, 0.1) is 6.92 Å². The number of benzene rings is 2. The molecule has 2 aromatic rings. The van der Waals surface area contributed by atoms with Crippen LogP contribution in [0.25, 0.3) is 0 Å². The van der Waals surface area contributed by atoms with Crippen LogP contribution in [0.4, 0.5) is 0 Å². The largest absolute Gasteiger partial charge is 0.352 e. The van der Waals surface area contributed by atoms with Gasteiger partial charge in [-0.3, -0.25) is 9.59 Å². The molecule has 1 saturated heterocycles. The highest BCUT2D eigenvalue weighted by Gasteiger charge is 2.33. The first kappa shape index (κ1) is 15.3. The van der Waals surface area contributed by atoms with E-state index in [9.17, 15) is 9.59 Å². The lowest BCUT2D eigenvalue weighted by Crippen LogP contribution is -2.52. The van der Waals surface area contributed by atoms with E-state index in [4.69, 9.17) is 0 Å². The molecule has 4 heteroatoms. The van der Waals surface area contributed by atoms with Gasteiger partial charge in [0.05, 0.1) is 6.42 Å². The second kappa shape index (κ2) is 6.65. The summed E-state index contributed by atoms with van der Waals surface area (Å²) in [6.07, 6.45) is 0.316. The molecule has 0 bridgehead atoms. The molecule has 1 fully saturated rings. The Hall–Kier alpha value is -2.62. The maximum absolute atomic E-state index is 12.7. The van der Waals surface area contributed by atoms with Crippen LogP contribution in [-0.4, -0.2) is 29.8 Å². The number of aryl methyl sites for hydroxylation is 1. The van der Waals surface area contributed by atoms with Crippen molar-refractivity contribution in [2.24, 2.45) is 0 Å². The average molecular weight is 308 g/mol. The van der Waals surface area contributed by atoms with Crippen LogP contribution in [0.15, 0.2) is 54.6 Å². The number of nitrogens with one attached hydrogen (secondary N) is 1. The molecule has 0 aromatic heterocycles. The molecule has 1 N–H and O–H groups in total. The van der Waals surface area contributed by atoms with E-state index in [0.29, 0.717) is 19.5 Å². The van der Waals surface area contributed by atoms with Crippen molar-refractivity contribution in [3.63, 3.8) is 0 Å². The van der Waals surface area contributed by atoms with E-state index in [1.165, 1.54) is 5.56 Å². The molecule has 1 atom stereocenters. The van der Waals surface area contributed by atoms with Crippen LogP contribution in [0.3, 0.4) is 0 Å². The summed E-state index contributed by atoms with van der Waals surface area (Å²) in [7, 11) is 0. The number of carbonyl (C=O) groups excluding carboxylic acids is 2. The van der Waals surface area contributed by atoms with E-state index < -0.39 is 6.04 Å². The van der Waals surface area contributed by atoms with Crippen molar-refractivity contribution in [1.29, 1.82) is 0 Å². The predicted octanol–water partition coefficient (Wildman–Crippen LogP) is 2.24. The Kier molecular flexibility index (Phi) is 4.42. The van der Waals surface area contributed by atoms with Crippen molar-refractivity contribution in [2.75, 3.05) is 13.1 Å². The molecule has 1 aliphatic heterocycles. The summed E-state index contributed by atoms with van der Waals surface area (Å²) in [5.41, 5.74) is 2.99. The first-order valence-electron chi connectivity index (χ1n) is 7.83. The third-order valence-electron chi connectivity index (χ3n) is 4.12. The molecular formula is C19H20N2O2. The second-order valence-corrected chi connectivity index (χ2v) is 5.85. The Morgan fingerprint density at radius 2 is 1.83 bits per heavy atom. The van der Waals surface area contributed by atoms with Gasteiger partial charge in [0, 0.05) is 13.1 Å². The van der Waals surface area contributed by atoms with Gasteiger partial charge >= 0.3 is 0 Å². The summed E-state index contributed by atoms with van der Waals surface area (Å²) in [6, 6.07) is 16.9. The van der Waals surface area contributed by atoms with E-state index in [1.807, 2.05) is 61.5 Å². The fraction of sp³-hybridized carbons (Fsp3) is 0.263. The fourth-order valence-corrected chi connectivity index (χ4v) is 2.88. The summed E-state index contributed by atoms with van der Waals surface area (Å²) < 4.78 is 0. The molecular weight excluding hydrogens is 288 g/mol. The van der Waals surface area contributed by atoms with Crippen LogP contribution in [0.1, 0.15) is 22.7 Å². The van der Waals surface area contributed by atoms with Gasteiger partial charge in [0.1, 0.15) is 6.04 Å². The van der Waals surface area contributed by atoms with Gasteiger partial charge in [-0.05, 0) is 18.1 Å². The van der Waals surface area contributed by atoms with Gasteiger partial charge in [0.15, 0.2) is 0 Å². The van der Waals surface area contributed by atoms with Gasteiger partial charge in [-0.15, -0.1) is 0 Å². The Morgan fingerprint density at radius 3 is 2.52 bits per heavy atom. The zero-order valence-electron chi connectivity index (χ0n) is 13.2. The van der Waals surface area contributed by atoms with Crippen LogP contribution in [-0.2, 0) is 16.0 Å². The average Bonchev–Trinajstić information content (AvgIpc) is 2.57. The molecule has 0 radical (unpaired) electrons. The standard InChI is InChI=1S/C19H20N2O2/c1-14-7-9-15(10-8-14)13-17(22)21-12-11-20-19(23)18(21)16-5-3-2-4-6-16/h2-10,18H,11-13H2,1H3,(H,20,23). The summed E-state index contributed by atoms with van der Waals surface area (Å²) in [5, 5.41) is 2.85. The number of carbonyl (C=O) groups is 2. The van der Waals surface area contributed by atoms with E-state index in [2.05, 4.69) is 5.32 Å². The van der Waals surface area contributed by atoms with Crippen molar-refractivity contribution in [3.05, 3.63) is 71.3 Å². The first-order valence-corrected chi connectivity index (χ1v) is 7.83. The lowest BCUT2D eigenvalue weighted by atomic mass is 10.0. The van der Waals surface area contributed by atoms with E-state index in [-0.39, 0.29) is 11.8 Å². The zero-order chi connectivity index (χ0) is 16.2. The number of rotatable bonds is 3. The molecule has 3 rings (SSSR count). The molecule has 0 spiro atoms. The molecule has 0 saturated carbocycles. The number of hydrogen-bond donors (Lipinski definition) is 1. The molecule has 1 heterocycles. The SMILES string of the molecule is Cc1ccc(CC(=O)N2CCNC(=O)C2c2ccccc2)cc1. The number of amides is 2. The summed E-state index contributed by atoms with van der Waals surface area (Å²) >= 11 is 0. The first-order chi connectivity index (χ1) is 11.1. The number of nitrogens with zero attached hydrogens (tertiary/aromatic N) is 1. The Morgan fingerprint density at radius 1 is 1.13 bits per heavy atom. The molecule has 2 amide bonds. The van der Waals surface area contributed by atoms with Gasteiger partial charge in [-0.2, -0.15) is 0 Å². The Labute approximate surface area is 136 Å². The van der Waals surface area contributed by atoms with Crippen molar-refractivity contribution >= 4 is 11.8 Å². The lowest BCUT2D eigenvalue weighted by molar-refractivity contribution is -0.143. The second-order valence-electron chi connectivity index (χ2n) is 5.85. The smallest absolute Gasteiger partial charge is 0.247 e. The van der Waals surface area contributed by atoms with Crippen LogP contribution in [0.2, 0.25) is 0 Å². The maximum atomic E-state index is 12.7. The minimum Gasteiger partial charge on any atom is -0.352 e. The third kappa shape index (κ3) is 3.42. The van der Waals surface area contributed by atoms with Gasteiger partial charge in [-0.1, -0.05) is 60.2 Å². The molecule has 23 heavy (non-hydrogen) atoms. The topological polar surface area (TPSA) is 49.4 Å². The van der Waals surface area contributed by atoms with Crippen molar-refractivity contribution < 1.29 is 9.59 Å². The quantitative estimate of drug-likeness (QED) is 0.945. The van der Waals surface area contributed by atoms with Crippen molar-refractivity contribution in [3.8, 4) is 0 Å². The molecule has 4 nitrogen and oxygen atoms in total. The Bertz CT molecular complexity index is 695. The minimum absolute atomic E-state index is 0.0162. The maximum Gasteiger partial charge on any atom is 0.247 e. The summed E-state index contributed by atoms with van der Waals surface area (Å²) in [4.78, 5) is 26.7. The molecule has 1 unspecified atom stereocenters. The van der Waals surface area contributed by atoms with Gasteiger partial charge in [0.2, 0.25) is 11.8 Å². The zero-order valence-corrected chi connectivity index (χ0v) is 13.2. The molecule has 0 aliphatic carbocycles. The molecule has 2 aromatic carbocycles. The monoisotopic (exact) mass is 308 g/mol. The fourth-order valence-electron chi connectivity index (χ4n) is 2.88. The molecule has 118 valence electrons. The minimum atomic E-state index is -0.539. The summed E-state index contributed by atoms with van der Waals surface area (Å²) in [5.74, 6) is -0.128. The van der Waals surface area contributed by atoms with Crippen molar-refractivity contribution in [1.82, 2.24) is 10.2 Å². The highest BCUT2D eigenvalue weighted by atomic mass is 16.2. The molecule has 1 aliphatic rings. The normalized spacial score (nSPS) is 17.7. The number of hydrogen-bond acceptors (Lipinski definition) is 2.